The highest BCUT2D eigenvalue weighted by Crippen LogP contribution is 2.30. The average Bonchev–Trinajstić information content (AvgIpc) is 2.35. The fourth-order valence-corrected chi connectivity index (χ4v) is 2.24. The van der Waals surface area contributed by atoms with Gasteiger partial charge in [0, 0.05) is 12.4 Å². The fraction of sp³-hybridized carbons (Fsp3) is 0.500. The molecule has 0 saturated heterocycles. The van der Waals surface area contributed by atoms with Gasteiger partial charge in [0.05, 0.1) is 7.11 Å². The lowest BCUT2D eigenvalue weighted by molar-refractivity contribution is -0.0512. The zero-order chi connectivity index (χ0) is 13.4. The summed E-state index contributed by atoms with van der Waals surface area (Å²) in [6.45, 7) is -2.68. The van der Waals surface area contributed by atoms with Gasteiger partial charge < -0.3 is 14.6 Å². The van der Waals surface area contributed by atoms with Gasteiger partial charge >= 0.3 is 6.61 Å². The highest BCUT2D eigenvalue weighted by molar-refractivity contribution is 7.98. The summed E-state index contributed by atoms with van der Waals surface area (Å²) >= 11 is 1.67. The normalized spacial score (nSPS) is 10.7. The molecule has 0 atom stereocenters. The zero-order valence-electron chi connectivity index (χ0n) is 10.1. The highest BCUT2D eigenvalue weighted by atomic mass is 32.2. The van der Waals surface area contributed by atoms with Gasteiger partial charge in [-0.25, -0.2) is 0 Å². The number of hydrogen-bond acceptors (Lipinski definition) is 4. The molecule has 0 unspecified atom stereocenters. The van der Waals surface area contributed by atoms with Gasteiger partial charge in [-0.15, -0.1) is 0 Å². The Morgan fingerprint density at radius 1 is 1.33 bits per heavy atom. The first-order valence-electron chi connectivity index (χ1n) is 5.47. The minimum atomic E-state index is -2.86. The minimum Gasteiger partial charge on any atom is -0.493 e. The summed E-state index contributed by atoms with van der Waals surface area (Å²) in [5.74, 6) is 1.94. The van der Waals surface area contributed by atoms with Gasteiger partial charge in [0.15, 0.2) is 11.5 Å². The van der Waals surface area contributed by atoms with E-state index in [1.54, 1.807) is 23.9 Å². The summed E-state index contributed by atoms with van der Waals surface area (Å²) in [4.78, 5) is 0. The third kappa shape index (κ3) is 5.10. The molecule has 0 heterocycles. The number of thioether (sulfide) groups is 1. The molecule has 18 heavy (non-hydrogen) atoms. The van der Waals surface area contributed by atoms with Crippen molar-refractivity contribution in [2.75, 3.05) is 19.5 Å². The standard InChI is InChI=1S/C12H16F2O3S/c1-16-11-7-9(8-18-6-2-5-15)3-4-10(11)17-12(13)14/h3-4,7,12,15H,2,5-6,8H2,1H3. The number of alkyl halides is 2. The average molecular weight is 278 g/mol. The molecular formula is C12H16F2O3S. The first-order chi connectivity index (χ1) is 8.67. The van der Waals surface area contributed by atoms with E-state index in [2.05, 4.69) is 4.74 Å². The molecule has 0 fully saturated rings. The second-order valence-corrected chi connectivity index (χ2v) is 4.60. The molecule has 0 spiro atoms. The maximum Gasteiger partial charge on any atom is 0.387 e. The topological polar surface area (TPSA) is 38.7 Å². The Bertz CT molecular complexity index is 361. The van der Waals surface area contributed by atoms with Crippen LogP contribution in [-0.4, -0.2) is 31.2 Å². The molecular weight excluding hydrogens is 262 g/mol. The van der Waals surface area contributed by atoms with E-state index >= 15 is 0 Å². The van der Waals surface area contributed by atoms with Crippen LogP contribution in [0.1, 0.15) is 12.0 Å². The summed E-state index contributed by atoms with van der Waals surface area (Å²) < 4.78 is 33.6. The molecule has 3 nitrogen and oxygen atoms in total. The lowest BCUT2D eigenvalue weighted by Crippen LogP contribution is -2.03. The molecule has 0 aliphatic carbocycles. The number of ether oxygens (including phenoxy) is 2. The van der Waals surface area contributed by atoms with Crippen molar-refractivity contribution in [2.45, 2.75) is 18.8 Å². The van der Waals surface area contributed by atoms with E-state index in [4.69, 9.17) is 9.84 Å². The number of methoxy groups -OCH3 is 1. The van der Waals surface area contributed by atoms with E-state index in [9.17, 15) is 8.78 Å². The van der Waals surface area contributed by atoms with Crippen molar-refractivity contribution in [1.29, 1.82) is 0 Å². The first kappa shape index (κ1) is 15.0. The Morgan fingerprint density at radius 2 is 2.11 bits per heavy atom. The van der Waals surface area contributed by atoms with Crippen molar-refractivity contribution < 1.29 is 23.4 Å². The Balaban J connectivity index is 2.60. The van der Waals surface area contributed by atoms with Crippen LogP contribution in [0, 0.1) is 0 Å². The molecule has 0 aromatic heterocycles. The van der Waals surface area contributed by atoms with Crippen molar-refractivity contribution in [3.05, 3.63) is 23.8 Å². The van der Waals surface area contributed by atoms with E-state index in [0.717, 1.165) is 23.5 Å². The number of benzene rings is 1. The van der Waals surface area contributed by atoms with Crippen LogP contribution in [0.15, 0.2) is 18.2 Å². The molecule has 0 aliphatic rings. The molecule has 1 aromatic carbocycles. The molecule has 0 amide bonds. The molecule has 102 valence electrons. The van der Waals surface area contributed by atoms with E-state index < -0.39 is 6.61 Å². The molecule has 1 aromatic rings. The largest absolute Gasteiger partial charge is 0.493 e. The molecule has 0 aliphatic heterocycles. The Labute approximate surface area is 109 Å². The summed E-state index contributed by atoms with van der Waals surface area (Å²) in [6, 6.07) is 4.89. The second kappa shape index (κ2) is 8.16. The van der Waals surface area contributed by atoms with Gasteiger partial charge in [0.1, 0.15) is 0 Å². The third-order valence-electron chi connectivity index (χ3n) is 2.16. The number of halogens is 2. The lowest BCUT2D eigenvalue weighted by Gasteiger charge is -2.11. The molecule has 6 heteroatoms. The van der Waals surface area contributed by atoms with E-state index in [0.29, 0.717) is 5.75 Å². The predicted octanol–water partition coefficient (Wildman–Crippen LogP) is 2.91. The Kier molecular flexibility index (Phi) is 6.82. The van der Waals surface area contributed by atoms with Crippen LogP contribution in [0.3, 0.4) is 0 Å². The van der Waals surface area contributed by atoms with Gasteiger partial charge in [-0.1, -0.05) is 6.07 Å². The van der Waals surface area contributed by atoms with Gasteiger partial charge in [-0.05, 0) is 29.9 Å². The summed E-state index contributed by atoms with van der Waals surface area (Å²) in [7, 11) is 1.41. The molecule has 1 N–H and O–H groups in total. The zero-order valence-corrected chi connectivity index (χ0v) is 10.9. The maximum absolute atomic E-state index is 12.1. The molecule has 1 rings (SSSR count). The van der Waals surface area contributed by atoms with Crippen LogP contribution in [0.4, 0.5) is 8.78 Å². The van der Waals surface area contributed by atoms with Crippen molar-refractivity contribution in [2.24, 2.45) is 0 Å². The van der Waals surface area contributed by atoms with Crippen LogP contribution >= 0.6 is 11.8 Å². The number of rotatable bonds is 8. The Hall–Kier alpha value is -1.01. The van der Waals surface area contributed by atoms with Gasteiger partial charge in [-0.2, -0.15) is 20.5 Å². The molecule has 0 saturated carbocycles. The first-order valence-corrected chi connectivity index (χ1v) is 6.63. The van der Waals surface area contributed by atoms with Gasteiger partial charge in [-0.3, -0.25) is 0 Å². The predicted molar refractivity (Wildman–Crippen MR) is 67.5 cm³/mol. The minimum absolute atomic E-state index is 0.0385. The lowest BCUT2D eigenvalue weighted by atomic mass is 10.2. The van der Waals surface area contributed by atoms with Crippen molar-refractivity contribution in [3.8, 4) is 11.5 Å². The summed E-state index contributed by atoms with van der Waals surface area (Å²) in [6.07, 6.45) is 0.744. The number of hydrogen-bond donors (Lipinski definition) is 1. The van der Waals surface area contributed by atoms with Crippen LogP contribution in [0.5, 0.6) is 11.5 Å². The van der Waals surface area contributed by atoms with Crippen LogP contribution < -0.4 is 9.47 Å². The monoisotopic (exact) mass is 278 g/mol. The highest BCUT2D eigenvalue weighted by Gasteiger charge is 2.10. The number of aliphatic hydroxyl groups excluding tert-OH is 1. The molecule has 0 radical (unpaired) electrons. The van der Waals surface area contributed by atoms with Gasteiger partial charge in [0.2, 0.25) is 0 Å². The van der Waals surface area contributed by atoms with E-state index in [1.807, 2.05) is 0 Å². The van der Waals surface area contributed by atoms with Crippen LogP contribution in [0.25, 0.3) is 0 Å². The SMILES string of the molecule is COc1cc(CSCCCO)ccc1OC(F)F. The smallest absolute Gasteiger partial charge is 0.387 e. The number of aliphatic hydroxyl groups is 1. The fourth-order valence-electron chi connectivity index (χ4n) is 1.35. The van der Waals surface area contributed by atoms with Crippen molar-refractivity contribution >= 4 is 11.8 Å². The van der Waals surface area contributed by atoms with E-state index in [1.165, 1.54) is 13.2 Å². The quantitative estimate of drug-likeness (QED) is 0.742. The Morgan fingerprint density at radius 3 is 2.72 bits per heavy atom. The third-order valence-corrected chi connectivity index (χ3v) is 3.27. The maximum atomic E-state index is 12.1. The summed E-state index contributed by atoms with van der Waals surface area (Å²) in [5.41, 5.74) is 0.969. The molecule has 0 bridgehead atoms. The van der Waals surface area contributed by atoms with Crippen molar-refractivity contribution in [1.82, 2.24) is 0 Å². The van der Waals surface area contributed by atoms with Crippen LogP contribution in [-0.2, 0) is 5.75 Å². The van der Waals surface area contributed by atoms with Gasteiger partial charge in [0.25, 0.3) is 0 Å². The second-order valence-electron chi connectivity index (χ2n) is 3.49. The van der Waals surface area contributed by atoms with Crippen LogP contribution in [0.2, 0.25) is 0 Å². The van der Waals surface area contributed by atoms with Crippen molar-refractivity contribution in [3.63, 3.8) is 0 Å². The summed E-state index contributed by atoms with van der Waals surface area (Å²) in [5, 5.41) is 8.65. The van der Waals surface area contributed by atoms with E-state index in [-0.39, 0.29) is 12.4 Å².